The molecule has 1 aromatic carbocycles. The fourth-order valence-electron chi connectivity index (χ4n) is 2.46. The summed E-state index contributed by atoms with van der Waals surface area (Å²) in [6.07, 6.45) is 3.40. The molecule has 2 aromatic rings. The number of nitrogens with two attached hydrogens (primary N) is 1. The summed E-state index contributed by atoms with van der Waals surface area (Å²) in [6, 6.07) is 8.29. The predicted octanol–water partition coefficient (Wildman–Crippen LogP) is 2.28. The highest BCUT2D eigenvalue weighted by Crippen LogP contribution is 2.21. The highest BCUT2D eigenvalue weighted by Gasteiger charge is 2.17. The average molecular weight is 269 g/mol. The summed E-state index contributed by atoms with van der Waals surface area (Å²) in [4.78, 5) is 15.3. The van der Waals surface area contributed by atoms with Gasteiger partial charge in [-0.1, -0.05) is 31.2 Å². The number of hydrogen-bond donors (Lipinski definition) is 1. The zero-order chi connectivity index (χ0) is 13.9. The van der Waals surface area contributed by atoms with Crippen molar-refractivity contribution >= 4 is 11.9 Å². The largest absolute Gasteiger partial charge is 0.368 e. The zero-order valence-corrected chi connectivity index (χ0v) is 11.7. The molecule has 1 aliphatic rings. The molecule has 1 fully saturated rings. The van der Waals surface area contributed by atoms with Crippen LogP contribution in [0.25, 0.3) is 11.4 Å². The van der Waals surface area contributed by atoms with E-state index in [4.69, 9.17) is 5.73 Å². The smallest absolute Gasteiger partial charge is 0.230 e. The van der Waals surface area contributed by atoms with Gasteiger partial charge in [0.15, 0.2) is 5.82 Å². The van der Waals surface area contributed by atoms with Gasteiger partial charge in [0.1, 0.15) is 0 Å². The summed E-state index contributed by atoms with van der Waals surface area (Å²) in [6.45, 7) is 4.14. The molecule has 0 radical (unpaired) electrons. The fourth-order valence-corrected chi connectivity index (χ4v) is 2.46. The minimum atomic E-state index is 0.288. The summed E-state index contributed by atoms with van der Waals surface area (Å²) < 4.78 is 0. The zero-order valence-electron chi connectivity index (χ0n) is 11.7. The summed E-state index contributed by atoms with van der Waals surface area (Å²) in [5.41, 5.74) is 8.12. The Morgan fingerprint density at radius 3 is 2.40 bits per heavy atom. The van der Waals surface area contributed by atoms with Gasteiger partial charge in [0.05, 0.1) is 0 Å². The monoisotopic (exact) mass is 269 g/mol. The van der Waals surface area contributed by atoms with Crippen molar-refractivity contribution in [3.05, 3.63) is 29.8 Å². The lowest BCUT2D eigenvalue weighted by Gasteiger charge is -2.15. The summed E-state index contributed by atoms with van der Waals surface area (Å²) in [7, 11) is 0. The molecule has 2 N–H and O–H groups in total. The van der Waals surface area contributed by atoms with E-state index in [2.05, 4.69) is 38.9 Å². The predicted molar refractivity (Wildman–Crippen MR) is 80.5 cm³/mol. The van der Waals surface area contributed by atoms with Crippen LogP contribution in [0.5, 0.6) is 0 Å². The Morgan fingerprint density at radius 1 is 1.05 bits per heavy atom. The Morgan fingerprint density at radius 2 is 1.75 bits per heavy atom. The first-order valence-corrected chi connectivity index (χ1v) is 7.12. The first-order chi connectivity index (χ1) is 9.76. The number of nitrogens with zero attached hydrogens (tertiary/aromatic N) is 4. The van der Waals surface area contributed by atoms with Crippen LogP contribution >= 0.6 is 0 Å². The number of hydrogen-bond acceptors (Lipinski definition) is 5. The van der Waals surface area contributed by atoms with E-state index in [-0.39, 0.29) is 5.95 Å². The van der Waals surface area contributed by atoms with E-state index >= 15 is 0 Å². The van der Waals surface area contributed by atoms with Crippen LogP contribution in [0.15, 0.2) is 24.3 Å². The van der Waals surface area contributed by atoms with Gasteiger partial charge in [0.25, 0.3) is 0 Å². The molecule has 1 aromatic heterocycles. The third-order valence-corrected chi connectivity index (χ3v) is 3.65. The topological polar surface area (TPSA) is 67.9 Å². The molecule has 5 nitrogen and oxygen atoms in total. The van der Waals surface area contributed by atoms with Crippen molar-refractivity contribution in [2.75, 3.05) is 23.7 Å². The third kappa shape index (κ3) is 2.57. The number of anilines is 2. The maximum atomic E-state index is 5.83. The Bertz CT molecular complexity index is 588. The first kappa shape index (κ1) is 12.8. The van der Waals surface area contributed by atoms with Crippen molar-refractivity contribution < 1.29 is 0 Å². The van der Waals surface area contributed by atoms with E-state index in [9.17, 15) is 0 Å². The molecule has 0 saturated carbocycles. The molecule has 0 spiro atoms. The molecule has 0 atom stereocenters. The summed E-state index contributed by atoms with van der Waals surface area (Å²) >= 11 is 0. The second kappa shape index (κ2) is 5.45. The molecular formula is C15H19N5. The fraction of sp³-hybridized carbons (Fsp3) is 0.400. The molecule has 0 bridgehead atoms. The average Bonchev–Trinajstić information content (AvgIpc) is 3.01. The molecule has 5 heteroatoms. The van der Waals surface area contributed by atoms with Crippen LogP contribution in [0.1, 0.15) is 25.3 Å². The van der Waals surface area contributed by atoms with Crippen LogP contribution in [0.4, 0.5) is 11.9 Å². The summed E-state index contributed by atoms with van der Waals surface area (Å²) in [5.74, 6) is 1.64. The number of aryl methyl sites for hydroxylation is 1. The standard InChI is InChI=1S/C15H19N5/c1-2-11-5-7-12(8-6-11)13-17-14(16)19-15(18-13)20-9-3-4-10-20/h5-8H,2-4,9-10H2,1H3,(H2,16,17,18,19). The van der Waals surface area contributed by atoms with Crippen LogP contribution in [0, 0.1) is 0 Å². The molecule has 1 aliphatic heterocycles. The van der Waals surface area contributed by atoms with E-state index in [0.717, 1.165) is 25.1 Å². The second-order valence-corrected chi connectivity index (χ2v) is 5.06. The number of aromatic nitrogens is 3. The van der Waals surface area contributed by atoms with Crippen LogP contribution in [-0.4, -0.2) is 28.0 Å². The van der Waals surface area contributed by atoms with Crippen molar-refractivity contribution in [2.24, 2.45) is 0 Å². The highest BCUT2D eigenvalue weighted by atomic mass is 15.3. The van der Waals surface area contributed by atoms with E-state index < -0.39 is 0 Å². The molecule has 20 heavy (non-hydrogen) atoms. The highest BCUT2D eigenvalue weighted by molar-refractivity contribution is 5.58. The van der Waals surface area contributed by atoms with Gasteiger partial charge in [0, 0.05) is 18.7 Å². The van der Waals surface area contributed by atoms with Crippen LogP contribution < -0.4 is 10.6 Å². The van der Waals surface area contributed by atoms with Crippen LogP contribution in [0.2, 0.25) is 0 Å². The minimum absolute atomic E-state index is 0.288. The molecule has 1 saturated heterocycles. The Hall–Kier alpha value is -2.17. The molecular weight excluding hydrogens is 250 g/mol. The molecule has 0 unspecified atom stereocenters. The van der Waals surface area contributed by atoms with Gasteiger partial charge >= 0.3 is 0 Å². The van der Waals surface area contributed by atoms with Gasteiger partial charge in [-0.3, -0.25) is 0 Å². The van der Waals surface area contributed by atoms with Crippen LogP contribution in [0.3, 0.4) is 0 Å². The van der Waals surface area contributed by atoms with E-state index in [1.165, 1.54) is 18.4 Å². The van der Waals surface area contributed by atoms with E-state index in [1.54, 1.807) is 0 Å². The quantitative estimate of drug-likeness (QED) is 0.926. The number of benzene rings is 1. The van der Waals surface area contributed by atoms with Gasteiger partial charge in [-0.25, -0.2) is 0 Å². The van der Waals surface area contributed by atoms with Gasteiger partial charge in [-0.05, 0) is 24.8 Å². The normalized spacial score (nSPS) is 14.8. The van der Waals surface area contributed by atoms with Gasteiger partial charge in [-0.2, -0.15) is 15.0 Å². The number of nitrogen functional groups attached to an aromatic ring is 1. The van der Waals surface area contributed by atoms with Gasteiger partial charge < -0.3 is 10.6 Å². The maximum Gasteiger partial charge on any atom is 0.230 e. The van der Waals surface area contributed by atoms with Crippen molar-refractivity contribution in [1.82, 2.24) is 15.0 Å². The van der Waals surface area contributed by atoms with Crippen molar-refractivity contribution in [3.8, 4) is 11.4 Å². The van der Waals surface area contributed by atoms with Gasteiger partial charge in [-0.15, -0.1) is 0 Å². The lowest BCUT2D eigenvalue weighted by Crippen LogP contribution is -2.21. The number of rotatable bonds is 3. The first-order valence-electron chi connectivity index (χ1n) is 7.12. The van der Waals surface area contributed by atoms with Gasteiger partial charge in [0.2, 0.25) is 11.9 Å². The molecule has 3 rings (SSSR count). The van der Waals surface area contributed by atoms with Crippen molar-refractivity contribution in [3.63, 3.8) is 0 Å². The van der Waals surface area contributed by atoms with E-state index in [0.29, 0.717) is 11.8 Å². The lowest BCUT2D eigenvalue weighted by molar-refractivity contribution is 0.887. The lowest BCUT2D eigenvalue weighted by atomic mass is 10.1. The maximum absolute atomic E-state index is 5.83. The van der Waals surface area contributed by atoms with E-state index in [1.807, 2.05) is 12.1 Å². The Kier molecular flexibility index (Phi) is 3.50. The van der Waals surface area contributed by atoms with Crippen molar-refractivity contribution in [1.29, 1.82) is 0 Å². The van der Waals surface area contributed by atoms with Crippen LogP contribution in [-0.2, 0) is 6.42 Å². The molecule has 0 amide bonds. The third-order valence-electron chi connectivity index (χ3n) is 3.65. The Balaban J connectivity index is 1.95. The molecule has 104 valence electrons. The Labute approximate surface area is 118 Å². The molecule has 0 aliphatic carbocycles. The molecule has 2 heterocycles. The SMILES string of the molecule is CCc1ccc(-c2nc(N)nc(N3CCCC3)n2)cc1. The summed E-state index contributed by atoms with van der Waals surface area (Å²) in [5, 5.41) is 0. The van der Waals surface area contributed by atoms with Crippen molar-refractivity contribution in [2.45, 2.75) is 26.2 Å². The minimum Gasteiger partial charge on any atom is -0.368 e. The second-order valence-electron chi connectivity index (χ2n) is 5.06.